The average Bonchev–Trinajstić information content (AvgIpc) is 2.66. The van der Waals surface area contributed by atoms with Crippen molar-refractivity contribution in [1.29, 1.82) is 0 Å². The first-order valence-electron chi connectivity index (χ1n) is 4.19. The average molecular weight is 253 g/mol. The van der Waals surface area contributed by atoms with Gasteiger partial charge in [0.15, 0.2) is 5.82 Å². The summed E-state index contributed by atoms with van der Waals surface area (Å²) >= 11 is 3.40. The topological polar surface area (TPSA) is 38.1 Å². The molecule has 0 fully saturated rings. The summed E-state index contributed by atoms with van der Waals surface area (Å²) in [5.74, 6) is 1.36. The summed E-state index contributed by atoms with van der Waals surface area (Å²) in [4.78, 5) is 4.24. The van der Waals surface area contributed by atoms with Crippen LogP contribution in [0.25, 0.3) is 11.5 Å². The number of aromatic nitrogens is 1. The SMILES string of the molecule is CNc1coc(-c2cccc(Br)c2)n1. The molecular weight excluding hydrogens is 244 g/mol. The van der Waals surface area contributed by atoms with Crippen molar-refractivity contribution >= 4 is 21.7 Å². The van der Waals surface area contributed by atoms with Gasteiger partial charge in [-0.3, -0.25) is 0 Å². The molecule has 0 bridgehead atoms. The van der Waals surface area contributed by atoms with Crippen molar-refractivity contribution < 1.29 is 4.42 Å². The lowest BCUT2D eigenvalue weighted by Gasteiger charge is -1.95. The Balaban J connectivity index is 2.39. The normalized spacial score (nSPS) is 10.1. The van der Waals surface area contributed by atoms with Crippen molar-refractivity contribution in [3.8, 4) is 11.5 Å². The first-order valence-corrected chi connectivity index (χ1v) is 4.98. The van der Waals surface area contributed by atoms with E-state index in [1.165, 1.54) is 0 Å². The molecule has 4 heteroatoms. The van der Waals surface area contributed by atoms with E-state index in [9.17, 15) is 0 Å². The minimum absolute atomic E-state index is 0.621. The predicted molar refractivity (Wildman–Crippen MR) is 59.2 cm³/mol. The smallest absolute Gasteiger partial charge is 0.228 e. The van der Waals surface area contributed by atoms with E-state index in [1.807, 2.05) is 31.3 Å². The molecule has 0 amide bonds. The number of hydrogen-bond donors (Lipinski definition) is 1. The molecule has 0 unspecified atom stereocenters. The van der Waals surface area contributed by atoms with Gasteiger partial charge in [0, 0.05) is 17.1 Å². The third kappa shape index (κ3) is 1.80. The molecule has 72 valence electrons. The number of rotatable bonds is 2. The summed E-state index contributed by atoms with van der Waals surface area (Å²) in [5.41, 5.74) is 0.959. The molecule has 0 saturated carbocycles. The van der Waals surface area contributed by atoms with Crippen LogP contribution in [0, 0.1) is 0 Å². The van der Waals surface area contributed by atoms with E-state index in [4.69, 9.17) is 4.42 Å². The number of hydrogen-bond acceptors (Lipinski definition) is 3. The molecule has 3 nitrogen and oxygen atoms in total. The monoisotopic (exact) mass is 252 g/mol. The van der Waals surface area contributed by atoms with Crippen molar-refractivity contribution in [3.63, 3.8) is 0 Å². The van der Waals surface area contributed by atoms with E-state index < -0.39 is 0 Å². The largest absolute Gasteiger partial charge is 0.442 e. The molecule has 2 rings (SSSR count). The van der Waals surface area contributed by atoms with Crippen LogP contribution < -0.4 is 5.32 Å². The van der Waals surface area contributed by atoms with Gasteiger partial charge < -0.3 is 9.73 Å². The summed E-state index contributed by atoms with van der Waals surface area (Å²) in [7, 11) is 1.81. The second kappa shape index (κ2) is 3.84. The Morgan fingerprint density at radius 3 is 2.93 bits per heavy atom. The fraction of sp³-hybridized carbons (Fsp3) is 0.100. The molecule has 0 aliphatic carbocycles. The van der Waals surface area contributed by atoms with Crippen LogP contribution in [-0.2, 0) is 0 Å². The van der Waals surface area contributed by atoms with Crippen molar-refractivity contribution in [1.82, 2.24) is 4.98 Å². The maximum Gasteiger partial charge on any atom is 0.228 e. The zero-order valence-electron chi connectivity index (χ0n) is 7.62. The second-order valence-electron chi connectivity index (χ2n) is 2.80. The molecule has 1 aromatic carbocycles. The standard InChI is InChI=1S/C10H9BrN2O/c1-12-9-6-14-10(13-9)7-3-2-4-8(11)5-7/h2-6,12H,1H3. The van der Waals surface area contributed by atoms with Crippen LogP contribution in [0.2, 0.25) is 0 Å². The third-order valence-corrected chi connectivity index (χ3v) is 2.33. The van der Waals surface area contributed by atoms with Gasteiger partial charge in [-0.1, -0.05) is 22.0 Å². The fourth-order valence-corrected chi connectivity index (χ4v) is 1.54. The number of halogens is 1. The van der Waals surface area contributed by atoms with E-state index in [2.05, 4.69) is 26.2 Å². The van der Waals surface area contributed by atoms with Gasteiger partial charge in [-0.15, -0.1) is 0 Å². The molecule has 0 atom stereocenters. The van der Waals surface area contributed by atoms with E-state index in [0.717, 1.165) is 15.9 Å². The van der Waals surface area contributed by atoms with Gasteiger partial charge in [0.1, 0.15) is 6.26 Å². The lowest BCUT2D eigenvalue weighted by atomic mass is 10.2. The van der Waals surface area contributed by atoms with Crippen LogP contribution in [0.1, 0.15) is 0 Å². The number of benzene rings is 1. The van der Waals surface area contributed by atoms with Crippen LogP contribution >= 0.6 is 15.9 Å². The number of nitrogens with zero attached hydrogens (tertiary/aromatic N) is 1. The Morgan fingerprint density at radius 1 is 1.43 bits per heavy atom. The van der Waals surface area contributed by atoms with Crippen molar-refractivity contribution in [2.75, 3.05) is 12.4 Å². The van der Waals surface area contributed by atoms with Crippen molar-refractivity contribution in [2.24, 2.45) is 0 Å². The zero-order chi connectivity index (χ0) is 9.97. The summed E-state index contributed by atoms with van der Waals surface area (Å²) in [6, 6.07) is 7.83. The summed E-state index contributed by atoms with van der Waals surface area (Å²) in [6.07, 6.45) is 1.59. The summed E-state index contributed by atoms with van der Waals surface area (Å²) < 4.78 is 6.32. The Kier molecular flexibility index (Phi) is 2.54. The maximum atomic E-state index is 5.30. The van der Waals surface area contributed by atoms with Gasteiger partial charge in [-0.05, 0) is 18.2 Å². The molecule has 14 heavy (non-hydrogen) atoms. The highest BCUT2D eigenvalue weighted by Crippen LogP contribution is 2.23. The highest BCUT2D eigenvalue weighted by atomic mass is 79.9. The molecule has 0 radical (unpaired) electrons. The Bertz CT molecular complexity index is 439. The van der Waals surface area contributed by atoms with Gasteiger partial charge in [0.25, 0.3) is 0 Å². The lowest BCUT2D eigenvalue weighted by Crippen LogP contribution is -1.86. The Hall–Kier alpha value is -1.29. The molecule has 0 saturated heterocycles. The lowest BCUT2D eigenvalue weighted by molar-refractivity contribution is 0.575. The van der Waals surface area contributed by atoms with E-state index >= 15 is 0 Å². The molecule has 1 heterocycles. The highest BCUT2D eigenvalue weighted by molar-refractivity contribution is 9.10. The minimum Gasteiger partial charge on any atom is -0.442 e. The number of nitrogens with one attached hydrogen (secondary N) is 1. The van der Waals surface area contributed by atoms with E-state index in [1.54, 1.807) is 6.26 Å². The summed E-state index contributed by atoms with van der Waals surface area (Å²) in [5, 5.41) is 2.92. The van der Waals surface area contributed by atoms with Gasteiger partial charge >= 0.3 is 0 Å². The Labute approximate surface area is 90.3 Å². The first kappa shape index (κ1) is 9.27. The van der Waals surface area contributed by atoms with Crippen LogP contribution in [0.5, 0.6) is 0 Å². The van der Waals surface area contributed by atoms with Crippen molar-refractivity contribution in [3.05, 3.63) is 35.0 Å². The van der Waals surface area contributed by atoms with Gasteiger partial charge in [0.05, 0.1) is 0 Å². The van der Waals surface area contributed by atoms with Crippen LogP contribution in [0.3, 0.4) is 0 Å². The first-order chi connectivity index (χ1) is 6.79. The molecule has 0 aliphatic rings. The van der Waals surface area contributed by atoms with Crippen LogP contribution in [0.4, 0.5) is 5.82 Å². The molecule has 1 N–H and O–H groups in total. The second-order valence-corrected chi connectivity index (χ2v) is 3.71. The fourth-order valence-electron chi connectivity index (χ4n) is 1.14. The minimum atomic E-state index is 0.621. The number of oxazole rings is 1. The molecule has 2 aromatic rings. The van der Waals surface area contributed by atoms with Gasteiger partial charge in [-0.2, -0.15) is 4.98 Å². The maximum absolute atomic E-state index is 5.30. The van der Waals surface area contributed by atoms with Crippen molar-refractivity contribution in [2.45, 2.75) is 0 Å². The molecule has 1 aromatic heterocycles. The third-order valence-electron chi connectivity index (χ3n) is 1.83. The molecule has 0 aliphatic heterocycles. The Morgan fingerprint density at radius 2 is 2.29 bits per heavy atom. The highest BCUT2D eigenvalue weighted by Gasteiger charge is 2.05. The molecular formula is C10H9BrN2O. The number of anilines is 1. The molecule has 0 spiro atoms. The summed E-state index contributed by atoms with van der Waals surface area (Å²) in [6.45, 7) is 0. The quantitative estimate of drug-likeness (QED) is 0.893. The van der Waals surface area contributed by atoms with Crippen LogP contribution in [-0.4, -0.2) is 12.0 Å². The zero-order valence-corrected chi connectivity index (χ0v) is 9.21. The van der Waals surface area contributed by atoms with E-state index in [0.29, 0.717) is 5.89 Å². The van der Waals surface area contributed by atoms with Crippen LogP contribution in [0.15, 0.2) is 39.4 Å². The van der Waals surface area contributed by atoms with Gasteiger partial charge in [0.2, 0.25) is 5.89 Å². The van der Waals surface area contributed by atoms with Gasteiger partial charge in [-0.25, -0.2) is 0 Å². The van der Waals surface area contributed by atoms with E-state index in [-0.39, 0.29) is 0 Å². The predicted octanol–water partition coefficient (Wildman–Crippen LogP) is 3.15.